The summed E-state index contributed by atoms with van der Waals surface area (Å²) >= 11 is 0. The molecule has 162 valence electrons. The summed E-state index contributed by atoms with van der Waals surface area (Å²) in [5.74, 6) is -14.7. The lowest BCUT2D eigenvalue weighted by molar-refractivity contribution is -0.382. The van der Waals surface area contributed by atoms with Crippen molar-refractivity contribution in [1.29, 1.82) is 5.26 Å². The van der Waals surface area contributed by atoms with Gasteiger partial charge in [-0.15, -0.1) is 0 Å². The molecule has 0 amide bonds. The highest BCUT2D eigenvalue weighted by Gasteiger charge is 2.86. The fourth-order valence-electron chi connectivity index (χ4n) is 1.54. The molecule has 6 nitrogen and oxygen atoms in total. The molecule has 0 unspecified atom stereocenters. The highest BCUT2D eigenvalue weighted by molar-refractivity contribution is 7.87. The van der Waals surface area contributed by atoms with Crippen LogP contribution >= 0.6 is 0 Å². The molecule has 0 aliphatic carbocycles. The number of nitriles is 1. The molecule has 16 heteroatoms. The first kappa shape index (κ1) is 24.3. The molecule has 0 heterocycles. The van der Waals surface area contributed by atoms with E-state index in [1.54, 1.807) is 0 Å². The lowest BCUT2D eigenvalue weighted by atomic mass is 10.1. The number of alkyl halides is 9. The van der Waals surface area contributed by atoms with E-state index >= 15 is 0 Å². The molecular weight excluding hydrogens is 451 g/mol. The number of hydrogen-bond acceptors (Lipinski definition) is 6. The Hall–Kier alpha value is -2.70. The molecule has 0 bridgehead atoms. The van der Waals surface area contributed by atoms with Crippen LogP contribution in [0.3, 0.4) is 0 Å². The van der Waals surface area contributed by atoms with Gasteiger partial charge in [0.2, 0.25) is 0 Å². The van der Waals surface area contributed by atoms with Crippen LogP contribution in [0.25, 0.3) is 0 Å². The maximum absolute atomic E-state index is 13.4. The number of oxime groups is 1. The van der Waals surface area contributed by atoms with Crippen molar-refractivity contribution in [2.45, 2.75) is 23.3 Å². The van der Waals surface area contributed by atoms with E-state index in [-0.39, 0.29) is 11.3 Å². The summed E-state index contributed by atoms with van der Waals surface area (Å²) in [5, 5.41) is 4.08. The van der Waals surface area contributed by atoms with E-state index < -0.39 is 39.1 Å². The van der Waals surface area contributed by atoms with Gasteiger partial charge in [0.25, 0.3) is 0 Å². The molecule has 0 aliphatic rings. The monoisotopic (exact) mass is 458 g/mol. The smallest absolute Gasteiger partial charge is 0.460 e. The highest BCUT2D eigenvalue weighted by atomic mass is 32.2. The summed E-state index contributed by atoms with van der Waals surface area (Å²) in [7, 11) is -5.97. The number of benzene rings is 1. The fraction of sp³-hybridized carbons (Fsp3) is 0.385. The molecule has 0 aromatic heterocycles. The van der Waals surface area contributed by atoms with Crippen molar-refractivity contribution >= 4 is 15.8 Å². The molecule has 1 aromatic carbocycles. The van der Waals surface area contributed by atoms with Crippen molar-refractivity contribution in [3.63, 3.8) is 0 Å². The molecule has 0 radical (unpaired) electrons. The quantitative estimate of drug-likeness (QED) is 0.353. The summed E-state index contributed by atoms with van der Waals surface area (Å²) in [4.78, 5) is 0. The number of hydrogen-bond donors (Lipinski definition) is 0. The molecular formula is C13H7F9N2O4S. The molecule has 0 aliphatic heterocycles. The lowest BCUT2D eigenvalue weighted by Gasteiger charge is -2.31. The molecule has 0 fully saturated rings. The van der Waals surface area contributed by atoms with Gasteiger partial charge < -0.3 is 4.74 Å². The second-order valence-corrected chi connectivity index (χ2v) is 6.54. The van der Waals surface area contributed by atoms with E-state index in [0.717, 1.165) is 18.2 Å². The van der Waals surface area contributed by atoms with Crippen molar-refractivity contribution < 1.29 is 57.0 Å². The normalized spacial score (nSPS) is 14.3. The fourth-order valence-corrected chi connectivity index (χ4v) is 2.25. The van der Waals surface area contributed by atoms with Gasteiger partial charge in [-0.1, -0.05) is 5.16 Å². The SMILES string of the molecule is COc1ccc(/C(C#N)=N/OS(=O)(=O)C(F)(F)C(F)(F)C(F)(F)C(F)(F)F)cc1. The molecule has 29 heavy (non-hydrogen) atoms. The first-order chi connectivity index (χ1) is 13.0. The third-order valence-electron chi connectivity index (χ3n) is 3.13. The largest absolute Gasteiger partial charge is 0.497 e. The van der Waals surface area contributed by atoms with Gasteiger partial charge in [-0.2, -0.15) is 53.2 Å². The second-order valence-electron chi connectivity index (χ2n) is 4.97. The minimum Gasteiger partial charge on any atom is -0.497 e. The van der Waals surface area contributed by atoms with Gasteiger partial charge in [0.1, 0.15) is 11.8 Å². The summed E-state index contributed by atoms with van der Waals surface area (Å²) in [6.45, 7) is 0. The Morgan fingerprint density at radius 3 is 1.83 bits per heavy atom. The van der Waals surface area contributed by atoms with Gasteiger partial charge in [-0.05, 0) is 24.3 Å². The standard InChI is InChI=1S/C13H7F9N2O4S/c1-27-8-4-2-7(3-5-8)9(6-23)24-28-29(25,26)13(21,22)11(16,17)10(14,15)12(18,19)20/h2-5H,1H3/b24-9+. The van der Waals surface area contributed by atoms with Crippen LogP contribution in [0.4, 0.5) is 39.5 Å². The zero-order chi connectivity index (χ0) is 22.9. The lowest BCUT2D eigenvalue weighted by Crippen LogP contribution is -2.63. The predicted molar refractivity (Wildman–Crippen MR) is 76.0 cm³/mol. The van der Waals surface area contributed by atoms with E-state index in [9.17, 15) is 47.9 Å². The van der Waals surface area contributed by atoms with E-state index in [0.29, 0.717) is 0 Å². The van der Waals surface area contributed by atoms with E-state index in [4.69, 9.17) is 10.00 Å². The molecule has 1 aromatic rings. The Balaban J connectivity index is 3.32. The van der Waals surface area contributed by atoms with Gasteiger partial charge in [0.05, 0.1) is 7.11 Å². The van der Waals surface area contributed by atoms with Crippen LogP contribution in [-0.4, -0.2) is 44.5 Å². The van der Waals surface area contributed by atoms with Crippen molar-refractivity contribution in [3.05, 3.63) is 29.8 Å². The van der Waals surface area contributed by atoms with Gasteiger partial charge >= 0.3 is 33.4 Å². The second kappa shape index (κ2) is 7.61. The molecule has 1 rings (SSSR count). The Kier molecular flexibility index (Phi) is 6.39. The van der Waals surface area contributed by atoms with Crippen LogP contribution in [0.15, 0.2) is 29.4 Å². The van der Waals surface area contributed by atoms with E-state index in [1.807, 2.05) is 0 Å². The first-order valence-electron chi connectivity index (χ1n) is 6.72. The van der Waals surface area contributed by atoms with E-state index in [2.05, 4.69) is 9.44 Å². The van der Waals surface area contributed by atoms with E-state index in [1.165, 1.54) is 19.2 Å². The number of rotatable bonds is 7. The van der Waals surface area contributed by atoms with Crippen molar-refractivity contribution in [2.75, 3.05) is 7.11 Å². The summed E-state index contributed by atoms with van der Waals surface area (Å²) in [6.07, 6.45) is -7.22. The molecule has 0 saturated heterocycles. The van der Waals surface area contributed by atoms with Crippen LogP contribution in [-0.2, 0) is 14.4 Å². The number of halogens is 9. The summed E-state index contributed by atoms with van der Waals surface area (Å²) < 4.78 is 145. The van der Waals surface area contributed by atoms with Crippen LogP contribution < -0.4 is 4.74 Å². The van der Waals surface area contributed by atoms with Crippen molar-refractivity contribution in [3.8, 4) is 11.8 Å². The van der Waals surface area contributed by atoms with Gasteiger partial charge in [-0.3, -0.25) is 4.28 Å². The third kappa shape index (κ3) is 4.18. The minimum absolute atomic E-state index is 0.208. The number of nitrogens with zero attached hydrogens (tertiary/aromatic N) is 2. The maximum atomic E-state index is 13.4. The number of ether oxygens (including phenoxy) is 1. The maximum Gasteiger partial charge on any atom is 0.460 e. The summed E-state index contributed by atoms with van der Waals surface area (Å²) in [6, 6.07) is 5.50. The summed E-state index contributed by atoms with van der Waals surface area (Å²) in [5.41, 5.74) is -1.43. The Labute approximate surface area is 156 Å². The average molecular weight is 458 g/mol. The minimum atomic E-state index is -7.47. The zero-order valence-electron chi connectivity index (χ0n) is 13.6. The first-order valence-corrected chi connectivity index (χ1v) is 8.13. The van der Waals surface area contributed by atoms with Gasteiger partial charge in [0.15, 0.2) is 5.71 Å². The van der Waals surface area contributed by atoms with Crippen LogP contribution in [0.5, 0.6) is 5.75 Å². The molecule has 0 spiro atoms. The molecule has 0 saturated carbocycles. The average Bonchev–Trinajstić information content (AvgIpc) is 2.61. The van der Waals surface area contributed by atoms with Crippen LogP contribution in [0.1, 0.15) is 5.56 Å². The predicted octanol–water partition coefficient (Wildman–Crippen LogP) is 3.69. The Morgan fingerprint density at radius 1 is 0.966 bits per heavy atom. The number of methoxy groups -OCH3 is 1. The topological polar surface area (TPSA) is 88.8 Å². The van der Waals surface area contributed by atoms with Crippen LogP contribution in [0, 0.1) is 11.3 Å². The zero-order valence-corrected chi connectivity index (χ0v) is 14.5. The van der Waals surface area contributed by atoms with Crippen molar-refractivity contribution in [2.24, 2.45) is 5.16 Å². The Bertz CT molecular complexity index is 919. The van der Waals surface area contributed by atoms with Crippen molar-refractivity contribution in [1.82, 2.24) is 0 Å². The van der Waals surface area contributed by atoms with Crippen LogP contribution in [0.2, 0.25) is 0 Å². The third-order valence-corrected chi connectivity index (χ3v) is 4.28. The Morgan fingerprint density at radius 2 is 1.45 bits per heavy atom. The van der Waals surface area contributed by atoms with Gasteiger partial charge in [-0.25, -0.2) is 0 Å². The molecule has 0 N–H and O–H groups in total. The molecule has 0 atom stereocenters. The van der Waals surface area contributed by atoms with Gasteiger partial charge in [0, 0.05) is 5.56 Å². The highest BCUT2D eigenvalue weighted by Crippen LogP contribution is 2.54.